The van der Waals surface area contributed by atoms with E-state index in [1.165, 1.54) is 11.3 Å². The molecule has 4 rings (SSSR count). The lowest BCUT2D eigenvalue weighted by molar-refractivity contribution is 0.476. The molecule has 146 valence electrons. The summed E-state index contributed by atoms with van der Waals surface area (Å²) >= 11 is 1.52. The molecule has 0 amide bonds. The monoisotopic (exact) mass is 405 g/mol. The summed E-state index contributed by atoms with van der Waals surface area (Å²) in [6.07, 6.45) is 6.97. The Morgan fingerprint density at radius 1 is 1.17 bits per heavy atom. The maximum Gasteiger partial charge on any atom is 0.277 e. The van der Waals surface area contributed by atoms with E-state index in [0.29, 0.717) is 23.3 Å². The van der Waals surface area contributed by atoms with Crippen molar-refractivity contribution >= 4 is 39.7 Å². The van der Waals surface area contributed by atoms with Crippen molar-refractivity contribution in [1.29, 1.82) is 0 Å². The predicted octanol–water partition coefficient (Wildman–Crippen LogP) is 3.24. The fourth-order valence-corrected chi connectivity index (χ4v) is 3.64. The summed E-state index contributed by atoms with van der Waals surface area (Å²) in [5, 5.41) is 10.7. The second-order valence-electron chi connectivity index (χ2n) is 6.66. The van der Waals surface area contributed by atoms with E-state index >= 15 is 0 Å². The molecule has 4 aromatic rings. The molecule has 0 radical (unpaired) electrons. The van der Waals surface area contributed by atoms with Crippen LogP contribution in [0.5, 0.6) is 5.75 Å². The van der Waals surface area contributed by atoms with Gasteiger partial charge in [-0.25, -0.2) is 9.97 Å². The number of phenolic OH excluding ortho intramolecular Hbond substituents is 1. The molecule has 1 aromatic carbocycles. The molecule has 1 N–H and O–H groups in total. The first-order valence-electron chi connectivity index (χ1n) is 8.96. The first-order chi connectivity index (χ1) is 14.0. The van der Waals surface area contributed by atoms with Gasteiger partial charge < -0.3 is 10.0 Å². The van der Waals surface area contributed by atoms with Gasteiger partial charge in [0.1, 0.15) is 11.4 Å². The number of fused-ring (bicyclic) bond motifs is 1. The Kier molecular flexibility index (Phi) is 5.09. The minimum Gasteiger partial charge on any atom is -0.508 e. The van der Waals surface area contributed by atoms with Gasteiger partial charge >= 0.3 is 0 Å². The summed E-state index contributed by atoms with van der Waals surface area (Å²) < 4.78 is 1.63. The smallest absolute Gasteiger partial charge is 0.277 e. The van der Waals surface area contributed by atoms with Crippen molar-refractivity contribution in [3.63, 3.8) is 0 Å². The van der Waals surface area contributed by atoms with Gasteiger partial charge in [0.2, 0.25) is 0 Å². The molecule has 0 fully saturated rings. The zero-order chi connectivity index (χ0) is 20.4. The first-order valence-corrected chi connectivity index (χ1v) is 9.77. The van der Waals surface area contributed by atoms with Gasteiger partial charge in [-0.15, -0.1) is 0 Å². The predicted molar refractivity (Wildman–Crippen MR) is 116 cm³/mol. The third kappa shape index (κ3) is 4.02. The fourth-order valence-electron chi connectivity index (χ4n) is 2.90. The van der Waals surface area contributed by atoms with Crippen LogP contribution >= 0.6 is 11.3 Å². The summed E-state index contributed by atoms with van der Waals surface area (Å²) in [7, 11) is 3.86. The van der Waals surface area contributed by atoms with Gasteiger partial charge in [0, 0.05) is 37.4 Å². The van der Waals surface area contributed by atoms with Crippen molar-refractivity contribution in [2.45, 2.75) is 6.54 Å². The maximum atomic E-state index is 13.1. The summed E-state index contributed by atoms with van der Waals surface area (Å²) in [6, 6.07) is 10.4. The van der Waals surface area contributed by atoms with Crippen molar-refractivity contribution in [2.75, 3.05) is 19.0 Å². The Hall–Kier alpha value is -3.52. The van der Waals surface area contributed by atoms with Crippen LogP contribution in [0.25, 0.3) is 23.2 Å². The van der Waals surface area contributed by atoms with Crippen LogP contribution in [0.2, 0.25) is 0 Å². The van der Waals surface area contributed by atoms with E-state index in [9.17, 15) is 9.90 Å². The number of hydrogen-bond acceptors (Lipinski definition) is 7. The van der Waals surface area contributed by atoms with E-state index in [1.807, 2.05) is 43.3 Å². The van der Waals surface area contributed by atoms with E-state index in [1.54, 1.807) is 41.2 Å². The number of aromatic hydroxyl groups is 1. The van der Waals surface area contributed by atoms with Gasteiger partial charge in [0.15, 0.2) is 5.13 Å². The summed E-state index contributed by atoms with van der Waals surface area (Å²) in [6.45, 7) is 0.315. The van der Waals surface area contributed by atoms with Gasteiger partial charge in [-0.3, -0.25) is 14.3 Å². The van der Waals surface area contributed by atoms with Crippen LogP contribution in [-0.2, 0) is 6.54 Å². The molecule has 7 nitrogen and oxygen atoms in total. The Morgan fingerprint density at radius 3 is 2.76 bits per heavy atom. The van der Waals surface area contributed by atoms with Crippen molar-refractivity contribution in [2.24, 2.45) is 0 Å². The van der Waals surface area contributed by atoms with E-state index in [2.05, 4.69) is 15.0 Å². The van der Waals surface area contributed by atoms with Gasteiger partial charge in [0.25, 0.3) is 5.56 Å². The Labute approximate surface area is 171 Å². The topological polar surface area (TPSA) is 84.1 Å². The highest BCUT2D eigenvalue weighted by atomic mass is 32.1. The molecule has 0 bridgehead atoms. The van der Waals surface area contributed by atoms with E-state index in [0.717, 1.165) is 15.7 Å². The molecule has 0 aliphatic rings. The third-order valence-electron chi connectivity index (χ3n) is 4.30. The van der Waals surface area contributed by atoms with Crippen LogP contribution < -0.4 is 10.5 Å². The highest BCUT2D eigenvalue weighted by molar-refractivity contribution is 7.16. The molecular formula is C21H19N5O2S. The summed E-state index contributed by atoms with van der Waals surface area (Å²) in [5.74, 6) is 0.0982. The number of anilines is 1. The standard InChI is InChI=1S/C21H19N5O2S/c1-25(2)21-23-12-16(29-21)7-8-17-20(28)26(13-14-5-3-4-10-22-14)19-9-6-15(27)11-18(19)24-17/h3-12,27H,13H2,1-2H3/b8-7+. The number of pyridine rings is 1. The van der Waals surface area contributed by atoms with E-state index in [4.69, 9.17) is 0 Å². The summed E-state index contributed by atoms with van der Waals surface area (Å²) in [5.41, 5.74) is 2.02. The minimum atomic E-state index is -0.220. The number of benzene rings is 1. The van der Waals surface area contributed by atoms with Gasteiger partial charge in [0.05, 0.1) is 23.3 Å². The maximum absolute atomic E-state index is 13.1. The molecule has 0 saturated carbocycles. The van der Waals surface area contributed by atoms with Crippen molar-refractivity contribution < 1.29 is 5.11 Å². The Bertz CT molecular complexity index is 1250. The average Bonchev–Trinajstić information content (AvgIpc) is 3.19. The zero-order valence-electron chi connectivity index (χ0n) is 16.0. The molecule has 0 saturated heterocycles. The SMILES string of the molecule is CN(C)c1ncc(/C=C/c2nc3cc(O)ccc3n(Cc3ccccn3)c2=O)s1. The lowest BCUT2D eigenvalue weighted by Crippen LogP contribution is -2.25. The highest BCUT2D eigenvalue weighted by Crippen LogP contribution is 2.22. The van der Waals surface area contributed by atoms with Crippen LogP contribution in [0.15, 0.2) is 53.6 Å². The molecule has 0 aliphatic carbocycles. The lowest BCUT2D eigenvalue weighted by Gasteiger charge is -2.11. The van der Waals surface area contributed by atoms with Crippen LogP contribution in [0.3, 0.4) is 0 Å². The Balaban J connectivity index is 1.80. The molecule has 0 spiro atoms. The number of nitrogens with zero attached hydrogens (tertiary/aromatic N) is 5. The van der Waals surface area contributed by atoms with Crippen LogP contribution in [0.4, 0.5) is 5.13 Å². The largest absolute Gasteiger partial charge is 0.508 e. The molecule has 3 heterocycles. The second-order valence-corrected chi connectivity index (χ2v) is 7.70. The highest BCUT2D eigenvalue weighted by Gasteiger charge is 2.11. The number of thiazole rings is 1. The second kappa shape index (κ2) is 7.84. The zero-order valence-corrected chi connectivity index (χ0v) is 16.8. The first kappa shape index (κ1) is 18.8. The molecule has 0 atom stereocenters. The number of rotatable bonds is 5. The lowest BCUT2D eigenvalue weighted by atomic mass is 10.2. The molecule has 0 unspecified atom stereocenters. The molecule has 29 heavy (non-hydrogen) atoms. The van der Waals surface area contributed by atoms with E-state index < -0.39 is 0 Å². The van der Waals surface area contributed by atoms with Crippen LogP contribution in [-0.4, -0.2) is 38.7 Å². The molecule has 8 heteroatoms. The van der Waals surface area contributed by atoms with Crippen LogP contribution in [0, 0.1) is 0 Å². The van der Waals surface area contributed by atoms with Gasteiger partial charge in [-0.05, 0) is 36.4 Å². The molecule has 0 aliphatic heterocycles. The van der Waals surface area contributed by atoms with Gasteiger partial charge in [-0.1, -0.05) is 17.4 Å². The third-order valence-corrected chi connectivity index (χ3v) is 5.43. The molecular weight excluding hydrogens is 386 g/mol. The fraction of sp³-hybridized carbons (Fsp3) is 0.143. The molecule has 3 aromatic heterocycles. The normalized spacial score (nSPS) is 11.4. The minimum absolute atomic E-state index is 0.0982. The van der Waals surface area contributed by atoms with Gasteiger partial charge in [-0.2, -0.15) is 0 Å². The van der Waals surface area contributed by atoms with Crippen LogP contribution in [0.1, 0.15) is 16.3 Å². The van der Waals surface area contributed by atoms with E-state index in [-0.39, 0.29) is 11.3 Å². The van der Waals surface area contributed by atoms with Crippen molar-refractivity contribution in [1.82, 2.24) is 19.5 Å². The summed E-state index contributed by atoms with van der Waals surface area (Å²) in [4.78, 5) is 29.1. The number of hydrogen-bond donors (Lipinski definition) is 1. The number of phenols is 1. The van der Waals surface area contributed by atoms with Crippen molar-refractivity contribution in [3.8, 4) is 5.75 Å². The average molecular weight is 405 g/mol. The number of aromatic nitrogens is 4. The Morgan fingerprint density at radius 2 is 2.03 bits per heavy atom. The quantitative estimate of drug-likeness (QED) is 0.549. The van der Waals surface area contributed by atoms with Crippen molar-refractivity contribution in [3.05, 3.63) is 75.4 Å².